The quantitative estimate of drug-likeness (QED) is 0.764. The first-order chi connectivity index (χ1) is 10.7. The van der Waals surface area contributed by atoms with Gasteiger partial charge in [-0.2, -0.15) is 5.10 Å². The Kier molecular flexibility index (Phi) is 3.12. The van der Waals surface area contributed by atoms with E-state index in [4.69, 9.17) is 11.6 Å². The van der Waals surface area contributed by atoms with Gasteiger partial charge in [-0.25, -0.2) is 9.07 Å². The van der Waals surface area contributed by atoms with Crippen LogP contribution in [0.25, 0.3) is 16.9 Å². The maximum atomic E-state index is 13.5. The lowest BCUT2D eigenvalue weighted by Gasteiger charge is -2.06. The van der Waals surface area contributed by atoms with Crippen molar-refractivity contribution in [3.8, 4) is 16.9 Å². The Balaban J connectivity index is 1.88. The summed E-state index contributed by atoms with van der Waals surface area (Å²) in [5, 5.41) is 8.73. The third kappa shape index (κ3) is 2.16. The molecular weight excluding hydrogens is 301 g/mol. The second kappa shape index (κ2) is 5.14. The van der Waals surface area contributed by atoms with E-state index < -0.39 is 0 Å². The van der Waals surface area contributed by atoms with Gasteiger partial charge >= 0.3 is 0 Å². The lowest BCUT2D eigenvalue weighted by Crippen LogP contribution is -2.04. The minimum absolute atomic E-state index is 0.252. The monoisotopic (exact) mass is 313 g/mol. The van der Waals surface area contributed by atoms with E-state index in [0.29, 0.717) is 5.02 Å². The molecule has 1 aliphatic heterocycles. The van der Waals surface area contributed by atoms with Gasteiger partial charge in [0.25, 0.3) is 0 Å². The van der Waals surface area contributed by atoms with Gasteiger partial charge in [0, 0.05) is 22.7 Å². The van der Waals surface area contributed by atoms with E-state index in [-0.39, 0.29) is 5.82 Å². The molecule has 2 heterocycles. The molecule has 0 fully saturated rings. The molecule has 0 atom stereocenters. The summed E-state index contributed by atoms with van der Waals surface area (Å²) in [6.07, 6.45) is 0.884. The number of halogens is 2. The maximum absolute atomic E-state index is 13.5. The number of rotatable bonds is 2. The number of hydrogen-bond donors (Lipinski definition) is 1. The molecule has 5 heteroatoms. The van der Waals surface area contributed by atoms with Crippen LogP contribution in [0, 0.1) is 5.82 Å². The van der Waals surface area contributed by atoms with Gasteiger partial charge in [-0.05, 0) is 42.8 Å². The molecule has 0 amide bonds. The molecule has 1 N–H and O–H groups in total. The number of aromatic nitrogens is 2. The molecule has 4 rings (SSSR count). The van der Waals surface area contributed by atoms with Gasteiger partial charge in [-0.15, -0.1) is 0 Å². The fraction of sp³-hybridized carbons (Fsp3) is 0.118. The Labute approximate surface area is 132 Å². The number of anilines is 1. The standard InChI is InChI=1S/C17H13ClFN3/c18-12-4-6-14(7-5-12)22-17-15(8-9-20-17)16(21-22)11-2-1-3-13(19)10-11/h1-7,10,20H,8-9H2. The van der Waals surface area contributed by atoms with Crippen LogP contribution in [0.2, 0.25) is 5.02 Å². The molecule has 0 bridgehead atoms. The largest absolute Gasteiger partial charge is 0.369 e. The van der Waals surface area contributed by atoms with E-state index in [1.807, 2.05) is 35.0 Å². The average molecular weight is 314 g/mol. The topological polar surface area (TPSA) is 29.9 Å². The van der Waals surface area contributed by atoms with Crippen LogP contribution in [0.3, 0.4) is 0 Å². The molecular formula is C17H13ClFN3. The molecule has 0 unspecified atom stereocenters. The Hall–Kier alpha value is -2.33. The fourth-order valence-electron chi connectivity index (χ4n) is 2.81. The summed E-state index contributed by atoms with van der Waals surface area (Å²) in [7, 11) is 0. The molecule has 1 aromatic heterocycles. The molecule has 3 nitrogen and oxygen atoms in total. The molecule has 0 saturated heterocycles. The van der Waals surface area contributed by atoms with Crippen LogP contribution >= 0.6 is 11.6 Å². The van der Waals surface area contributed by atoms with Crippen LogP contribution in [0.15, 0.2) is 48.5 Å². The van der Waals surface area contributed by atoms with Crippen LogP contribution < -0.4 is 5.32 Å². The predicted octanol–water partition coefficient (Wildman–Crippen LogP) is 4.30. The lowest BCUT2D eigenvalue weighted by atomic mass is 10.1. The van der Waals surface area contributed by atoms with E-state index in [2.05, 4.69) is 10.4 Å². The van der Waals surface area contributed by atoms with Crippen LogP contribution in [-0.2, 0) is 6.42 Å². The Morgan fingerprint density at radius 1 is 1.14 bits per heavy atom. The van der Waals surface area contributed by atoms with Crippen molar-refractivity contribution < 1.29 is 4.39 Å². The Morgan fingerprint density at radius 3 is 2.73 bits per heavy atom. The van der Waals surface area contributed by atoms with Gasteiger partial charge in [-0.3, -0.25) is 0 Å². The molecule has 0 aliphatic carbocycles. The van der Waals surface area contributed by atoms with Gasteiger partial charge in [0.2, 0.25) is 0 Å². The van der Waals surface area contributed by atoms with Gasteiger partial charge in [-0.1, -0.05) is 23.7 Å². The highest BCUT2D eigenvalue weighted by atomic mass is 35.5. The molecule has 110 valence electrons. The SMILES string of the molecule is Fc1cccc(-c2nn(-c3ccc(Cl)cc3)c3c2CCN3)c1. The number of fused-ring (bicyclic) bond motifs is 1. The molecule has 22 heavy (non-hydrogen) atoms. The third-order valence-corrected chi connectivity index (χ3v) is 4.07. The zero-order chi connectivity index (χ0) is 15.1. The summed E-state index contributed by atoms with van der Waals surface area (Å²) in [6, 6.07) is 14.1. The van der Waals surface area contributed by atoms with Crippen molar-refractivity contribution in [3.05, 3.63) is 64.9 Å². The first-order valence-electron chi connectivity index (χ1n) is 7.10. The van der Waals surface area contributed by atoms with Crippen LogP contribution in [-0.4, -0.2) is 16.3 Å². The van der Waals surface area contributed by atoms with Crippen molar-refractivity contribution in [2.75, 3.05) is 11.9 Å². The average Bonchev–Trinajstić information content (AvgIpc) is 3.10. The van der Waals surface area contributed by atoms with Gasteiger partial charge < -0.3 is 5.32 Å². The van der Waals surface area contributed by atoms with Crippen molar-refractivity contribution in [2.45, 2.75) is 6.42 Å². The third-order valence-electron chi connectivity index (χ3n) is 3.82. The zero-order valence-electron chi connectivity index (χ0n) is 11.7. The second-order valence-electron chi connectivity index (χ2n) is 5.25. The number of nitrogens with zero attached hydrogens (tertiary/aromatic N) is 2. The lowest BCUT2D eigenvalue weighted by molar-refractivity contribution is 0.628. The summed E-state index contributed by atoms with van der Waals surface area (Å²) >= 11 is 5.95. The van der Waals surface area contributed by atoms with Crippen LogP contribution in [0.1, 0.15) is 5.56 Å². The van der Waals surface area contributed by atoms with Gasteiger partial charge in [0.15, 0.2) is 0 Å². The van der Waals surface area contributed by atoms with E-state index >= 15 is 0 Å². The number of nitrogens with one attached hydrogen (secondary N) is 1. The van der Waals surface area contributed by atoms with Gasteiger partial charge in [0.05, 0.1) is 11.4 Å². The van der Waals surface area contributed by atoms with E-state index in [1.54, 1.807) is 6.07 Å². The minimum Gasteiger partial charge on any atom is -0.369 e. The van der Waals surface area contributed by atoms with Gasteiger partial charge in [0.1, 0.15) is 11.6 Å². The number of benzene rings is 2. The molecule has 1 aliphatic rings. The van der Waals surface area contributed by atoms with Crippen molar-refractivity contribution in [1.82, 2.24) is 9.78 Å². The number of hydrogen-bond acceptors (Lipinski definition) is 2. The van der Waals surface area contributed by atoms with Crippen molar-refractivity contribution in [3.63, 3.8) is 0 Å². The summed E-state index contributed by atoms with van der Waals surface area (Å²) in [6.45, 7) is 0.864. The summed E-state index contributed by atoms with van der Waals surface area (Å²) in [4.78, 5) is 0. The first kappa shape index (κ1) is 13.3. The highest BCUT2D eigenvalue weighted by molar-refractivity contribution is 6.30. The Morgan fingerprint density at radius 2 is 1.95 bits per heavy atom. The van der Waals surface area contributed by atoms with E-state index in [9.17, 15) is 4.39 Å². The molecule has 0 spiro atoms. The molecule has 2 aromatic carbocycles. The fourth-order valence-corrected chi connectivity index (χ4v) is 2.94. The van der Waals surface area contributed by atoms with Crippen molar-refractivity contribution in [1.29, 1.82) is 0 Å². The second-order valence-corrected chi connectivity index (χ2v) is 5.69. The molecule has 0 radical (unpaired) electrons. The van der Waals surface area contributed by atoms with Crippen molar-refractivity contribution in [2.24, 2.45) is 0 Å². The smallest absolute Gasteiger partial charge is 0.133 e. The highest BCUT2D eigenvalue weighted by Gasteiger charge is 2.23. The normalized spacial score (nSPS) is 13.0. The highest BCUT2D eigenvalue weighted by Crippen LogP contribution is 2.34. The summed E-state index contributed by atoms with van der Waals surface area (Å²) in [5.74, 6) is 0.722. The van der Waals surface area contributed by atoms with E-state index in [1.165, 1.54) is 12.1 Å². The summed E-state index contributed by atoms with van der Waals surface area (Å²) in [5.41, 5.74) is 3.68. The van der Waals surface area contributed by atoms with Crippen LogP contribution in [0.5, 0.6) is 0 Å². The zero-order valence-corrected chi connectivity index (χ0v) is 12.4. The van der Waals surface area contributed by atoms with Crippen molar-refractivity contribution >= 4 is 17.4 Å². The van der Waals surface area contributed by atoms with Crippen LogP contribution in [0.4, 0.5) is 10.2 Å². The predicted molar refractivity (Wildman–Crippen MR) is 86.2 cm³/mol. The summed E-state index contributed by atoms with van der Waals surface area (Å²) < 4.78 is 15.4. The first-order valence-corrected chi connectivity index (χ1v) is 7.48. The maximum Gasteiger partial charge on any atom is 0.133 e. The molecule has 3 aromatic rings. The molecule has 0 saturated carbocycles. The van der Waals surface area contributed by atoms with E-state index in [0.717, 1.165) is 41.3 Å². The minimum atomic E-state index is -0.252. The Bertz CT molecular complexity index is 840.